The lowest BCUT2D eigenvalue weighted by Gasteiger charge is -2.20. The fraction of sp³-hybridized carbons (Fsp3) is 0.438. The van der Waals surface area contributed by atoms with E-state index in [1.165, 1.54) is 11.3 Å². The summed E-state index contributed by atoms with van der Waals surface area (Å²) >= 11 is 0. The third-order valence-electron chi connectivity index (χ3n) is 4.39. The smallest absolute Gasteiger partial charge is 0.311 e. The number of rotatable bonds is 2. The predicted molar refractivity (Wildman–Crippen MR) is 75.6 cm³/mol. The van der Waals surface area contributed by atoms with Crippen LogP contribution in [0.3, 0.4) is 0 Å². The molecule has 0 fully saturated rings. The largest absolute Gasteiger partial charge is 0.481 e. The molecule has 0 amide bonds. The van der Waals surface area contributed by atoms with E-state index in [1.807, 2.05) is 0 Å². The standard InChI is InChI=1S/C16H19NO2/c1-3-10-7-8-13-12(9-10)15-11(16(18)19)5-4-6-14(15)17(13)2/h7-9,11H,3-6H2,1-2H3,(H,18,19). The summed E-state index contributed by atoms with van der Waals surface area (Å²) in [4.78, 5) is 11.5. The second-order valence-corrected chi connectivity index (χ2v) is 5.41. The van der Waals surface area contributed by atoms with Gasteiger partial charge in [-0.05, 0) is 48.9 Å². The van der Waals surface area contributed by atoms with Crippen LogP contribution in [0, 0.1) is 0 Å². The Kier molecular flexibility index (Phi) is 2.85. The molecule has 0 aliphatic heterocycles. The number of benzene rings is 1. The first-order valence-electron chi connectivity index (χ1n) is 6.96. The van der Waals surface area contributed by atoms with Crippen LogP contribution >= 0.6 is 0 Å². The van der Waals surface area contributed by atoms with E-state index in [-0.39, 0.29) is 5.92 Å². The summed E-state index contributed by atoms with van der Waals surface area (Å²) in [5, 5.41) is 10.6. The summed E-state index contributed by atoms with van der Waals surface area (Å²) in [7, 11) is 2.05. The minimum absolute atomic E-state index is 0.334. The Morgan fingerprint density at radius 3 is 2.95 bits per heavy atom. The number of aryl methyl sites for hydroxylation is 2. The van der Waals surface area contributed by atoms with Crippen molar-refractivity contribution in [1.82, 2.24) is 4.57 Å². The Morgan fingerprint density at radius 2 is 2.26 bits per heavy atom. The lowest BCUT2D eigenvalue weighted by Crippen LogP contribution is -2.18. The van der Waals surface area contributed by atoms with Gasteiger partial charge in [0.05, 0.1) is 5.92 Å². The first-order chi connectivity index (χ1) is 9.13. The van der Waals surface area contributed by atoms with Gasteiger partial charge in [0.25, 0.3) is 0 Å². The summed E-state index contributed by atoms with van der Waals surface area (Å²) in [6, 6.07) is 6.45. The Morgan fingerprint density at radius 1 is 1.47 bits per heavy atom. The highest BCUT2D eigenvalue weighted by atomic mass is 16.4. The molecule has 3 nitrogen and oxygen atoms in total. The molecule has 1 aliphatic carbocycles. The van der Waals surface area contributed by atoms with E-state index in [1.54, 1.807) is 0 Å². The molecule has 1 atom stereocenters. The molecule has 1 aromatic carbocycles. The fourth-order valence-corrected chi connectivity index (χ4v) is 3.35. The quantitative estimate of drug-likeness (QED) is 0.897. The van der Waals surface area contributed by atoms with Gasteiger partial charge in [-0.15, -0.1) is 0 Å². The Balaban J connectivity index is 2.32. The van der Waals surface area contributed by atoms with Crippen molar-refractivity contribution in [3.8, 4) is 0 Å². The zero-order valence-electron chi connectivity index (χ0n) is 11.4. The van der Waals surface area contributed by atoms with Crippen molar-refractivity contribution in [2.45, 2.75) is 38.5 Å². The van der Waals surface area contributed by atoms with Gasteiger partial charge in [0.2, 0.25) is 0 Å². The van der Waals surface area contributed by atoms with Crippen molar-refractivity contribution in [3.05, 3.63) is 35.0 Å². The molecule has 1 unspecified atom stereocenters. The average Bonchev–Trinajstić information content (AvgIpc) is 2.72. The van der Waals surface area contributed by atoms with E-state index in [2.05, 4.69) is 36.7 Å². The molecular formula is C16H19NO2. The molecule has 100 valence electrons. The van der Waals surface area contributed by atoms with Crippen molar-refractivity contribution in [2.24, 2.45) is 7.05 Å². The molecule has 1 aromatic heterocycles. The highest BCUT2D eigenvalue weighted by Gasteiger charge is 2.30. The van der Waals surface area contributed by atoms with Gasteiger partial charge in [-0.1, -0.05) is 13.0 Å². The molecule has 19 heavy (non-hydrogen) atoms. The average molecular weight is 257 g/mol. The highest BCUT2D eigenvalue weighted by Crippen LogP contribution is 2.39. The Hall–Kier alpha value is -1.77. The minimum atomic E-state index is -0.685. The van der Waals surface area contributed by atoms with Crippen LogP contribution in [0.1, 0.15) is 42.5 Å². The van der Waals surface area contributed by atoms with Crippen LogP contribution in [0.25, 0.3) is 10.9 Å². The number of nitrogens with zero attached hydrogens (tertiary/aromatic N) is 1. The zero-order chi connectivity index (χ0) is 13.6. The number of fused-ring (bicyclic) bond motifs is 3. The molecule has 1 aliphatic rings. The van der Waals surface area contributed by atoms with Gasteiger partial charge in [0, 0.05) is 23.6 Å². The molecule has 2 aromatic rings. The van der Waals surface area contributed by atoms with Crippen LogP contribution in [-0.4, -0.2) is 15.6 Å². The molecule has 0 saturated heterocycles. The van der Waals surface area contributed by atoms with Crippen molar-refractivity contribution in [1.29, 1.82) is 0 Å². The summed E-state index contributed by atoms with van der Waals surface area (Å²) in [5.41, 5.74) is 4.71. The summed E-state index contributed by atoms with van der Waals surface area (Å²) < 4.78 is 2.18. The number of aliphatic carboxylic acids is 1. The van der Waals surface area contributed by atoms with Crippen LogP contribution in [0.4, 0.5) is 0 Å². The Bertz CT molecular complexity index is 654. The van der Waals surface area contributed by atoms with Gasteiger partial charge < -0.3 is 9.67 Å². The maximum Gasteiger partial charge on any atom is 0.311 e. The molecule has 1 N–H and O–H groups in total. The highest BCUT2D eigenvalue weighted by molar-refractivity contribution is 5.92. The lowest BCUT2D eigenvalue weighted by atomic mass is 9.85. The summed E-state index contributed by atoms with van der Waals surface area (Å²) in [5.74, 6) is -1.02. The van der Waals surface area contributed by atoms with E-state index in [9.17, 15) is 9.90 Å². The van der Waals surface area contributed by atoms with E-state index in [0.717, 1.165) is 42.1 Å². The van der Waals surface area contributed by atoms with E-state index in [4.69, 9.17) is 0 Å². The fourth-order valence-electron chi connectivity index (χ4n) is 3.35. The first-order valence-corrected chi connectivity index (χ1v) is 6.96. The van der Waals surface area contributed by atoms with Gasteiger partial charge in [-0.25, -0.2) is 0 Å². The predicted octanol–water partition coefficient (Wildman–Crippen LogP) is 3.25. The van der Waals surface area contributed by atoms with Gasteiger partial charge in [-0.3, -0.25) is 4.79 Å². The molecule has 3 heteroatoms. The van der Waals surface area contributed by atoms with Crippen molar-refractivity contribution < 1.29 is 9.90 Å². The topological polar surface area (TPSA) is 42.2 Å². The number of hydrogen-bond donors (Lipinski definition) is 1. The van der Waals surface area contributed by atoms with Crippen molar-refractivity contribution in [2.75, 3.05) is 0 Å². The molecule has 0 saturated carbocycles. The number of hydrogen-bond acceptors (Lipinski definition) is 1. The third-order valence-corrected chi connectivity index (χ3v) is 4.39. The zero-order valence-corrected chi connectivity index (χ0v) is 11.4. The SMILES string of the molecule is CCc1ccc2c(c1)c1c(n2C)CCCC1C(=O)O. The van der Waals surface area contributed by atoms with Gasteiger partial charge >= 0.3 is 5.97 Å². The van der Waals surface area contributed by atoms with Crippen LogP contribution in [0.15, 0.2) is 18.2 Å². The van der Waals surface area contributed by atoms with E-state index < -0.39 is 5.97 Å². The second-order valence-electron chi connectivity index (χ2n) is 5.41. The van der Waals surface area contributed by atoms with Crippen LogP contribution in [0.2, 0.25) is 0 Å². The van der Waals surface area contributed by atoms with Gasteiger partial charge in [0.1, 0.15) is 0 Å². The van der Waals surface area contributed by atoms with Crippen LogP contribution in [-0.2, 0) is 24.7 Å². The maximum absolute atomic E-state index is 11.5. The monoisotopic (exact) mass is 257 g/mol. The normalized spacial score (nSPS) is 18.5. The van der Waals surface area contributed by atoms with Gasteiger partial charge in [0.15, 0.2) is 0 Å². The molecule has 0 radical (unpaired) electrons. The minimum Gasteiger partial charge on any atom is -0.481 e. The Labute approximate surface area is 112 Å². The number of aromatic nitrogens is 1. The van der Waals surface area contributed by atoms with Crippen LogP contribution in [0.5, 0.6) is 0 Å². The number of carboxylic acids is 1. The molecule has 1 heterocycles. The van der Waals surface area contributed by atoms with Crippen LogP contribution < -0.4 is 0 Å². The first kappa shape index (κ1) is 12.3. The number of carboxylic acid groups (broad SMARTS) is 1. The third kappa shape index (κ3) is 1.76. The van der Waals surface area contributed by atoms with Crippen molar-refractivity contribution >= 4 is 16.9 Å². The van der Waals surface area contributed by atoms with E-state index >= 15 is 0 Å². The molecule has 0 bridgehead atoms. The maximum atomic E-state index is 11.5. The molecule has 3 rings (SSSR count). The van der Waals surface area contributed by atoms with Crippen molar-refractivity contribution in [3.63, 3.8) is 0 Å². The second kappa shape index (κ2) is 4.41. The lowest BCUT2D eigenvalue weighted by molar-refractivity contribution is -0.139. The number of carbonyl (C=O) groups is 1. The molecular weight excluding hydrogens is 238 g/mol. The summed E-state index contributed by atoms with van der Waals surface area (Å²) in [6.45, 7) is 2.13. The summed E-state index contributed by atoms with van der Waals surface area (Å²) in [6.07, 6.45) is 3.70. The van der Waals surface area contributed by atoms with Gasteiger partial charge in [-0.2, -0.15) is 0 Å². The van der Waals surface area contributed by atoms with E-state index in [0.29, 0.717) is 0 Å². The molecule has 0 spiro atoms.